The van der Waals surface area contributed by atoms with Gasteiger partial charge in [-0.15, -0.1) is 0 Å². The van der Waals surface area contributed by atoms with E-state index in [9.17, 15) is 4.79 Å². The van der Waals surface area contributed by atoms with Crippen LogP contribution in [-0.4, -0.2) is 72.0 Å². The molecule has 2 aliphatic heterocycles. The highest BCUT2D eigenvalue weighted by atomic mass is 16.2. The molecule has 2 rings (SSSR count). The Morgan fingerprint density at radius 3 is 2.17 bits per heavy atom. The van der Waals surface area contributed by atoms with E-state index in [-0.39, 0.29) is 11.4 Å². The third-order valence-corrected chi connectivity index (χ3v) is 4.42. The molecule has 0 aromatic carbocycles. The van der Waals surface area contributed by atoms with Gasteiger partial charge in [0.2, 0.25) is 5.91 Å². The maximum Gasteiger partial charge on any atom is 0.236 e. The number of rotatable bonds is 1. The summed E-state index contributed by atoms with van der Waals surface area (Å²) in [6.45, 7) is 11.7. The molecule has 18 heavy (non-hydrogen) atoms. The molecular weight excluding hydrogens is 226 g/mol. The van der Waals surface area contributed by atoms with Gasteiger partial charge in [0, 0.05) is 44.8 Å². The van der Waals surface area contributed by atoms with Crippen LogP contribution < -0.4 is 0 Å². The standard InChI is InChI=1S/C14H27N3O/c1-14(2,3)17-7-5-12(6-8-17)16-10-9-15(4)13(18)11-16/h12H,5-11H2,1-4H3. The summed E-state index contributed by atoms with van der Waals surface area (Å²) in [6.07, 6.45) is 2.41. The highest BCUT2D eigenvalue weighted by molar-refractivity contribution is 5.78. The summed E-state index contributed by atoms with van der Waals surface area (Å²) in [5.41, 5.74) is 0.281. The molecule has 0 aromatic rings. The fraction of sp³-hybridized carbons (Fsp3) is 0.929. The lowest BCUT2D eigenvalue weighted by atomic mass is 9.96. The summed E-state index contributed by atoms with van der Waals surface area (Å²) in [7, 11) is 1.90. The highest BCUT2D eigenvalue weighted by Crippen LogP contribution is 2.23. The van der Waals surface area contributed by atoms with Gasteiger partial charge in [0.05, 0.1) is 6.54 Å². The summed E-state index contributed by atoms with van der Waals surface area (Å²) < 4.78 is 0. The van der Waals surface area contributed by atoms with Crippen LogP contribution in [0.5, 0.6) is 0 Å². The lowest BCUT2D eigenvalue weighted by molar-refractivity contribution is -0.136. The van der Waals surface area contributed by atoms with Gasteiger partial charge in [-0.2, -0.15) is 0 Å². The Hall–Kier alpha value is -0.610. The summed E-state index contributed by atoms with van der Waals surface area (Å²) in [6, 6.07) is 0.612. The topological polar surface area (TPSA) is 26.8 Å². The van der Waals surface area contributed by atoms with Crippen molar-refractivity contribution in [3.63, 3.8) is 0 Å². The van der Waals surface area contributed by atoms with Crippen LogP contribution in [0.25, 0.3) is 0 Å². The first-order valence-corrected chi connectivity index (χ1v) is 7.11. The van der Waals surface area contributed by atoms with Crippen molar-refractivity contribution in [2.45, 2.75) is 45.2 Å². The molecule has 2 fully saturated rings. The van der Waals surface area contributed by atoms with Gasteiger partial charge in [-0.1, -0.05) is 0 Å². The van der Waals surface area contributed by atoms with Crippen molar-refractivity contribution in [1.82, 2.24) is 14.7 Å². The van der Waals surface area contributed by atoms with Crippen LogP contribution in [0.1, 0.15) is 33.6 Å². The quantitative estimate of drug-likeness (QED) is 0.698. The SMILES string of the molecule is CN1CCN(C2CCN(C(C)(C)C)CC2)CC1=O. The van der Waals surface area contributed by atoms with Crippen molar-refractivity contribution < 1.29 is 4.79 Å². The number of piperidine rings is 1. The number of hydrogen-bond acceptors (Lipinski definition) is 3. The second kappa shape index (κ2) is 5.17. The monoisotopic (exact) mass is 253 g/mol. The van der Waals surface area contributed by atoms with Gasteiger partial charge in [0.15, 0.2) is 0 Å². The number of likely N-dealkylation sites (tertiary alicyclic amines) is 1. The smallest absolute Gasteiger partial charge is 0.236 e. The lowest BCUT2D eigenvalue weighted by Gasteiger charge is -2.45. The Balaban J connectivity index is 1.85. The van der Waals surface area contributed by atoms with Gasteiger partial charge in [0.1, 0.15) is 0 Å². The van der Waals surface area contributed by atoms with E-state index in [0.717, 1.165) is 26.2 Å². The number of likely N-dealkylation sites (N-methyl/N-ethyl adjacent to an activating group) is 1. The predicted molar refractivity (Wildman–Crippen MR) is 73.6 cm³/mol. The van der Waals surface area contributed by atoms with Gasteiger partial charge in [-0.25, -0.2) is 0 Å². The normalized spacial score (nSPS) is 25.8. The molecule has 2 aliphatic rings. The van der Waals surface area contributed by atoms with E-state index in [1.165, 1.54) is 12.8 Å². The molecule has 0 aliphatic carbocycles. The molecular formula is C14H27N3O. The van der Waals surface area contributed by atoms with E-state index in [4.69, 9.17) is 0 Å². The first-order chi connectivity index (χ1) is 8.38. The molecule has 2 saturated heterocycles. The maximum absolute atomic E-state index is 11.7. The molecule has 0 spiro atoms. The molecule has 1 amide bonds. The van der Waals surface area contributed by atoms with Gasteiger partial charge >= 0.3 is 0 Å². The van der Waals surface area contributed by atoms with Crippen LogP contribution in [0.3, 0.4) is 0 Å². The van der Waals surface area contributed by atoms with Crippen LogP contribution in [0.4, 0.5) is 0 Å². The first-order valence-electron chi connectivity index (χ1n) is 7.11. The van der Waals surface area contributed by atoms with Crippen LogP contribution >= 0.6 is 0 Å². The number of hydrogen-bond donors (Lipinski definition) is 0. The first kappa shape index (κ1) is 13.8. The third-order valence-electron chi connectivity index (χ3n) is 4.42. The Labute approximate surface area is 111 Å². The average molecular weight is 253 g/mol. The van der Waals surface area contributed by atoms with E-state index in [2.05, 4.69) is 30.6 Å². The molecule has 0 N–H and O–H groups in total. The zero-order chi connectivity index (χ0) is 13.3. The molecule has 2 heterocycles. The van der Waals surface area contributed by atoms with Crippen molar-refractivity contribution in [2.75, 3.05) is 39.8 Å². The Bertz CT molecular complexity index is 303. The minimum absolute atomic E-state index is 0.277. The number of piperazine rings is 1. The molecule has 4 heteroatoms. The second-order valence-corrected chi connectivity index (χ2v) is 6.67. The van der Waals surface area contributed by atoms with E-state index in [1.807, 2.05) is 11.9 Å². The Kier molecular flexibility index (Phi) is 3.97. The van der Waals surface area contributed by atoms with Crippen molar-refractivity contribution in [1.29, 1.82) is 0 Å². The molecule has 0 radical (unpaired) electrons. The molecule has 104 valence electrons. The molecule has 0 atom stereocenters. The van der Waals surface area contributed by atoms with Crippen LogP contribution in [0, 0.1) is 0 Å². The minimum Gasteiger partial charge on any atom is -0.343 e. The van der Waals surface area contributed by atoms with E-state index in [0.29, 0.717) is 12.6 Å². The molecule has 0 unspecified atom stereocenters. The van der Waals surface area contributed by atoms with E-state index < -0.39 is 0 Å². The van der Waals surface area contributed by atoms with Crippen molar-refractivity contribution in [3.8, 4) is 0 Å². The second-order valence-electron chi connectivity index (χ2n) is 6.67. The Morgan fingerprint density at radius 1 is 1.06 bits per heavy atom. The van der Waals surface area contributed by atoms with Crippen molar-refractivity contribution >= 4 is 5.91 Å². The Morgan fingerprint density at radius 2 is 1.67 bits per heavy atom. The van der Waals surface area contributed by atoms with E-state index in [1.54, 1.807) is 0 Å². The fourth-order valence-corrected chi connectivity index (χ4v) is 2.99. The molecule has 0 saturated carbocycles. The van der Waals surface area contributed by atoms with Crippen LogP contribution in [0.2, 0.25) is 0 Å². The summed E-state index contributed by atoms with van der Waals surface area (Å²) >= 11 is 0. The number of carbonyl (C=O) groups excluding carboxylic acids is 1. The van der Waals surface area contributed by atoms with Gasteiger partial charge in [0.25, 0.3) is 0 Å². The number of carbonyl (C=O) groups is 1. The zero-order valence-corrected chi connectivity index (χ0v) is 12.3. The largest absolute Gasteiger partial charge is 0.343 e. The van der Waals surface area contributed by atoms with Crippen molar-refractivity contribution in [3.05, 3.63) is 0 Å². The number of amides is 1. The summed E-state index contributed by atoms with van der Waals surface area (Å²) in [5, 5.41) is 0. The van der Waals surface area contributed by atoms with Gasteiger partial charge in [-0.3, -0.25) is 14.6 Å². The molecule has 0 aromatic heterocycles. The zero-order valence-electron chi connectivity index (χ0n) is 12.3. The van der Waals surface area contributed by atoms with E-state index >= 15 is 0 Å². The predicted octanol–water partition coefficient (Wildman–Crippen LogP) is 1.02. The highest BCUT2D eigenvalue weighted by Gasteiger charge is 2.32. The average Bonchev–Trinajstić information content (AvgIpc) is 2.32. The fourth-order valence-electron chi connectivity index (χ4n) is 2.99. The van der Waals surface area contributed by atoms with Gasteiger partial charge in [-0.05, 0) is 33.6 Å². The maximum atomic E-state index is 11.7. The van der Waals surface area contributed by atoms with Crippen LogP contribution in [0.15, 0.2) is 0 Å². The van der Waals surface area contributed by atoms with Crippen molar-refractivity contribution in [2.24, 2.45) is 0 Å². The third kappa shape index (κ3) is 3.04. The van der Waals surface area contributed by atoms with Gasteiger partial charge < -0.3 is 4.90 Å². The lowest BCUT2D eigenvalue weighted by Crippen LogP contribution is -2.56. The molecule has 4 nitrogen and oxygen atoms in total. The van der Waals surface area contributed by atoms with Crippen LogP contribution in [-0.2, 0) is 4.79 Å². The minimum atomic E-state index is 0.277. The summed E-state index contributed by atoms with van der Waals surface area (Å²) in [4.78, 5) is 18.5. The molecule has 0 bridgehead atoms. The number of nitrogens with zero attached hydrogens (tertiary/aromatic N) is 3. The summed E-state index contributed by atoms with van der Waals surface area (Å²) in [5.74, 6) is 0.277.